The molecule has 3 heterocycles. The molecule has 1 unspecified atom stereocenters. The number of amides is 1. The van der Waals surface area contributed by atoms with E-state index in [2.05, 4.69) is 11.4 Å². The van der Waals surface area contributed by atoms with Crippen LogP contribution in [0.25, 0.3) is 0 Å². The standard InChI is InChI=1S/C12H16N2O3/c15-11-10-7(5-6-13-10)1-2-8-3-4-9(12(16)17)14(8)11/h1-2,7-10,13H,3-6H2,(H,16,17)/t7-,8-,9-,10?/m0/s1. The van der Waals surface area contributed by atoms with Crippen LogP contribution in [0.15, 0.2) is 12.2 Å². The molecule has 3 aliphatic rings. The van der Waals surface area contributed by atoms with Gasteiger partial charge >= 0.3 is 5.97 Å². The Labute approximate surface area is 99.5 Å². The fourth-order valence-electron chi connectivity index (χ4n) is 3.22. The zero-order chi connectivity index (χ0) is 12.0. The fourth-order valence-corrected chi connectivity index (χ4v) is 3.22. The molecule has 2 N–H and O–H groups in total. The minimum atomic E-state index is -0.884. The number of nitrogens with zero attached hydrogens (tertiary/aromatic N) is 1. The Morgan fingerprint density at radius 1 is 1.35 bits per heavy atom. The highest BCUT2D eigenvalue weighted by atomic mass is 16.4. The fraction of sp³-hybridized carbons (Fsp3) is 0.667. The van der Waals surface area contributed by atoms with Crippen molar-refractivity contribution in [2.45, 2.75) is 37.4 Å². The van der Waals surface area contributed by atoms with E-state index < -0.39 is 12.0 Å². The Bertz CT molecular complexity index is 393. The van der Waals surface area contributed by atoms with E-state index in [0.29, 0.717) is 6.42 Å². The number of fused-ring (bicyclic) bond motifs is 2. The van der Waals surface area contributed by atoms with E-state index in [1.807, 2.05) is 6.08 Å². The molecule has 2 fully saturated rings. The molecule has 0 spiro atoms. The summed E-state index contributed by atoms with van der Waals surface area (Å²) in [5.41, 5.74) is 0. The first-order valence-electron chi connectivity index (χ1n) is 6.15. The topological polar surface area (TPSA) is 69.6 Å². The maximum atomic E-state index is 12.4. The first kappa shape index (κ1) is 10.8. The summed E-state index contributed by atoms with van der Waals surface area (Å²) >= 11 is 0. The molecule has 92 valence electrons. The van der Waals surface area contributed by atoms with Gasteiger partial charge in [-0.25, -0.2) is 4.79 Å². The molecule has 4 atom stereocenters. The number of nitrogens with one attached hydrogen (secondary N) is 1. The summed E-state index contributed by atoms with van der Waals surface area (Å²) in [6.07, 6.45) is 6.41. The highest BCUT2D eigenvalue weighted by molar-refractivity contribution is 5.89. The number of carbonyl (C=O) groups excluding carboxylic acids is 1. The summed E-state index contributed by atoms with van der Waals surface area (Å²) in [6.45, 7) is 0.835. The first-order valence-corrected chi connectivity index (χ1v) is 6.15. The van der Waals surface area contributed by atoms with Gasteiger partial charge in [0, 0.05) is 5.92 Å². The predicted octanol–water partition coefficient (Wildman–Crippen LogP) is -0.0215. The van der Waals surface area contributed by atoms with Crippen molar-refractivity contribution < 1.29 is 14.7 Å². The Hall–Kier alpha value is -1.36. The van der Waals surface area contributed by atoms with Crippen molar-refractivity contribution in [2.75, 3.05) is 6.54 Å². The van der Waals surface area contributed by atoms with Crippen LogP contribution in [0.2, 0.25) is 0 Å². The van der Waals surface area contributed by atoms with Crippen molar-refractivity contribution in [3.05, 3.63) is 12.2 Å². The molecular weight excluding hydrogens is 220 g/mol. The molecular formula is C12H16N2O3. The van der Waals surface area contributed by atoms with Gasteiger partial charge in [0.2, 0.25) is 5.91 Å². The quantitative estimate of drug-likeness (QED) is 0.628. The Kier molecular flexibility index (Phi) is 2.43. The minimum Gasteiger partial charge on any atom is -0.480 e. The van der Waals surface area contributed by atoms with Crippen molar-refractivity contribution in [3.8, 4) is 0 Å². The molecule has 2 saturated heterocycles. The average molecular weight is 236 g/mol. The normalized spacial score (nSPS) is 40.0. The summed E-state index contributed by atoms with van der Waals surface area (Å²) in [6, 6.07) is -0.870. The Morgan fingerprint density at radius 3 is 2.94 bits per heavy atom. The third-order valence-electron chi connectivity index (χ3n) is 4.09. The highest BCUT2D eigenvalue weighted by Gasteiger charge is 2.46. The summed E-state index contributed by atoms with van der Waals surface area (Å²) < 4.78 is 0. The molecule has 17 heavy (non-hydrogen) atoms. The van der Waals surface area contributed by atoms with E-state index in [4.69, 9.17) is 5.11 Å². The summed E-state index contributed by atoms with van der Waals surface area (Å²) in [4.78, 5) is 25.1. The molecule has 0 radical (unpaired) electrons. The van der Waals surface area contributed by atoms with Crippen molar-refractivity contribution in [1.29, 1.82) is 0 Å². The van der Waals surface area contributed by atoms with Crippen LogP contribution in [-0.4, -0.2) is 46.6 Å². The van der Waals surface area contributed by atoms with E-state index in [1.54, 1.807) is 4.90 Å². The number of hydrogen-bond donors (Lipinski definition) is 2. The van der Waals surface area contributed by atoms with E-state index in [1.165, 1.54) is 0 Å². The Balaban J connectivity index is 1.93. The smallest absolute Gasteiger partial charge is 0.326 e. The Morgan fingerprint density at radius 2 is 2.18 bits per heavy atom. The number of carbonyl (C=O) groups is 2. The van der Waals surface area contributed by atoms with Gasteiger partial charge in [-0.15, -0.1) is 0 Å². The van der Waals surface area contributed by atoms with Crippen LogP contribution in [0.1, 0.15) is 19.3 Å². The van der Waals surface area contributed by atoms with Gasteiger partial charge in [0.15, 0.2) is 0 Å². The van der Waals surface area contributed by atoms with Crippen molar-refractivity contribution >= 4 is 11.9 Å². The van der Waals surface area contributed by atoms with Gasteiger partial charge < -0.3 is 15.3 Å². The van der Waals surface area contributed by atoms with Gasteiger partial charge in [-0.1, -0.05) is 12.2 Å². The van der Waals surface area contributed by atoms with Crippen LogP contribution in [0, 0.1) is 5.92 Å². The lowest BCUT2D eigenvalue weighted by Crippen LogP contribution is -2.51. The molecule has 0 aromatic rings. The highest BCUT2D eigenvalue weighted by Crippen LogP contribution is 2.32. The second kappa shape index (κ2) is 3.84. The molecule has 1 amide bonds. The molecule has 0 aliphatic carbocycles. The SMILES string of the molecule is O=C(O)[C@@H]1CC[C@@H]2C=C[C@H]3CCNC3C(=O)N21. The number of carboxylic acid groups (broad SMARTS) is 1. The number of aliphatic carboxylic acids is 1. The molecule has 5 heteroatoms. The lowest BCUT2D eigenvalue weighted by molar-refractivity contribution is -0.149. The van der Waals surface area contributed by atoms with Crippen LogP contribution >= 0.6 is 0 Å². The van der Waals surface area contributed by atoms with Gasteiger partial charge in [-0.05, 0) is 25.8 Å². The van der Waals surface area contributed by atoms with Gasteiger partial charge in [0.1, 0.15) is 6.04 Å². The zero-order valence-corrected chi connectivity index (χ0v) is 9.50. The van der Waals surface area contributed by atoms with Crippen molar-refractivity contribution in [3.63, 3.8) is 0 Å². The zero-order valence-electron chi connectivity index (χ0n) is 9.50. The van der Waals surface area contributed by atoms with Crippen LogP contribution in [0.5, 0.6) is 0 Å². The maximum absolute atomic E-state index is 12.4. The molecule has 0 aromatic heterocycles. The van der Waals surface area contributed by atoms with E-state index in [0.717, 1.165) is 19.4 Å². The third-order valence-corrected chi connectivity index (χ3v) is 4.09. The second-order valence-electron chi connectivity index (χ2n) is 5.01. The summed E-state index contributed by atoms with van der Waals surface area (Å²) in [5.74, 6) is -0.680. The summed E-state index contributed by atoms with van der Waals surface area (Å²) in [5, 5.41) is 12.3. The van der Waals surface area contributed by atoms with Gasteiger partial charge in [-0.2, -0.15) is 0 Å². The molecule has 3 aliphatic heterocycles. The van der Waals surface area contributed by atoms with Crippen LogP contribution in [0.4, 0.5) is 0 Å². The van der Waals surface area contributed by atoms with Crippen molar-refractivity contribution in [2.24, 2.45) is 5.92 Å². The molecule has 0 aromatic carbocycles. The van der Waals surface area contributed by atoms with E-state index in [9.17, 15) is 9.59 Å². The van der Waals surface area contributed by atoms with Gasteiger partial charge in [0.25, 0.3) is 0 Å². The van der Waals surface area contributed by atoms with Crippen LogP contribution < -0.4 is 5.32 Å². The molecule has 5 nitrogen and oxygen atoms in total. The maximum Gasteiger partial charge on any atom is 0.326 e. The number of hydrogen-bond acceptors (Lipinski definition) is 3. The lowest BCUT2D eigenvalue weighted by atomic mass is 9.99. The first-order chi connectivity index (χ1) is 8.18. The van der Waals surface area contributed by atoms with Crippen LogP contribution in [0.3, 0.4) is 0 Å². The minimum absolute atomic E-state index is 0.0176. The lowest BCUT2D eigenvalue weighted by Gasteiger charge is -2.28. The van der Waals surface area contributed by atoms with E-state index >= 15 is 0 Å². The number of carboxylic acids is 1. The van der Waals surface area contributed by atoms with Crippen LogP contribution in [-0.2, 0) is 9.59 Å². The monoisotopic (exact) mass is 236 g/mol. The summed E-state index contributed by atoms with van der Waals surface area (Å²) in [7, 11) is 0. The average Bonchev–Trinajstić information content (AvgIpc) is 2.90. The van der Waals surface area contributed by atoms with Gasteiger partial charge in [-0.3, -0.25) is 4.79 Å². The molecule has 3 rings (SSSR count). The van der Waals surface area contributed by atoms with Gasteiger partial charge in [0.05, 0.1) is 12.1 Å². The molecule has 0 saturated carbocycles. The number of rotatable bonds is 1. The molecule has 0 bridgehead atoms. The third kappa shape index (κ3) is 1.57. The van der Waals surface area contributed by atoms with Crippen molar-refractivity contribution in [1.82, 2.24) is 10.2 Å². The van der Waals surface area contributed by atoms with E-state index in [-0.39, 0.29) is 23.9 Å². The second-order valence-corrected chi connectivity index (χ2v) is 5.01. The predicted molar refractivity (Wildman–Crippen MR) is 60.3 cm³/mol. The largest absolute Gasteiger partial charge is 0.480 e.